The summed E-state index contributed by atoms with van der Waals surface area (Å²) in [6, 6.07) is 15.8. The number of carbonyl (C=O) groups is 1. The van der Waals surface area contributed by atoms with E-state index in [1.807, 2.05) is 60.9 Å². The first-order chi connectivity index (χ1) is 15.0. The van der Waals surface area contributed by atoms with E-state index in [4.69, 9.17) is 9.72 Å². The standard InChI is InChI=1S/C24H24N4O2S/c1-16-4-9-20(17(2)12-16)26-23(29)14-28-22-13-25-11-10-21(22)27-24(28)31-15-18-5-7-19(30-3)8-6-18/h4-13H,14-15H2,1-3H3,(H,26,29). The Morgan fingerprint density at radius 3 is 2.68 bits per heavy atom. The lowest BCUT2D eigenvalue weighted by Gasteiger charge is -2.12. The van der Waals surface area contributed by atoms with Crippen LogP contribution in [0.25, 0.3) is 11.0 Å². The van der Waals surface area contributed by atoms with Crippen molar-refractivity contribution in [3.05, 3.63) is 77.6 Å². The van der Waals surface area contributed by atoms with Crippen molar-refractivity contribution in [1.82, 2.24) is 14.5 Å². The molecule has 0 fully saturated rings. The fourth-order valence-electron chi connectivity index (χ4n) is 3.37. The SMILES string of the molecule is COc1ccc(CSc2nc3ccncc3n2CC(=O)Nc2ccc(C)cc2C)cc1. The van der Waals surface area contributed by atoms with Crippen molar-refractivity contribution in [2.45, 2.75) is 31.3 Å². The minimum atomic E-state index is -0.0959. The number of hydrogen-bond donors (Lipinski definition) is 1. The number of amides is 1. The van der Waals surface area contributed by atoms with E-state index in [9.17, 15) is 4.79 Å². The third kappa shape index (κ3) is 4.88. The highest BCUT2D eigenvalue weighted by Crippen LogP contribution is 2.27. The molecule has 0 saturated heterocycles. The minimum Gasteiger partial charge on any atom is -0.497 e. The fourth-order valence-corrected chi connectivity index (χ4v) is 4.34. The maximum absolute atomic E-state index is 12.9. The predicted octanol–water partition coefficient (Wildman–Crippen LogP) is 4.99. The lowest BCUT2D eigenvalue weighted by Crippen LogP contribution is -2.19. The molecule has 0 aliphatic carbocycles. The summed E-state index contributed by atoms with van der Waals surface area (Å²) in [5.41, 5.74) is 5.86. The van der Waals surface area contributed by atoms with Gasteiger partial charge in [0, 0.05) is 17.6 Å². The second-order valence-electron chi connectivity index (χ2n) is 7.35. The maximum Gasteiger partial charge on any atom is 0.244 e. The topological polar surface area (TPSA) is 69.0 Å². The van der Waals surface area contributed by atoms with Gasteiger partial charge in [-0.05, 0) is 49.2 Å². The molecular weight excluding hydrogens is 408 g/mol. The molecule has 0 saturated carbocycles. The highest BCUT2D eigenvalue weighted by Gasteiger charge is 2.15. The van der Waals surface area contributed by atoms with E-state index >= 15 is 0 Å². The van der Waals surface area contributed by atoms with Crippen LogP contribution in [0.1, 0.15) is 16.7 Å². The summed E-state index contributed by atoms with van der Waals surface area (Å²) in [6.45, 7) is 4.20. The summed E-state index contributed by atoms with van der Waals surface area (Å²) in [4.78, 5) is 21.8. The molecule has 4 rings (SSSR count). The number of aromatic nitrogens is 3. The summed E-state index contributed by atoms with van der Waals surface area (Å²) in [5, 5.41) is 3.81. The molecule has 4 aromatic rings. The van der Waals surface area contributed by atoms with Gasteiger partial charge in [-0.2, -0.15) is 0 Å². The smallest absolute Gasteiger partial charge is 0.244 e. The number of nitrogens with one attached hydrogen (secondary N) is 1. The molecule has 0 aliphatic heterocycles. The zero-order valence-electron chi connectivity index (χ0n) is 17.8. The molecule has 2 heterocycles. The lowest BCUT2D eigenvalue weighted by atomic mass is 10.1. The van der Waals surface area contributed by atoms with Crippen molar-refractivity contribution < 1.29 is 9.53 Å². The first kappa shape index (κ1) is 20.9. The minimum absolute atomic E-state index is 0.0959. The van der Waals surface area contributed by atoms with Gasteiger partial charge < -0.3 is 14.6 Å². The van der Waals surface area contributed by atoms with E-state index in [1.165, 1.54) is 5.56 Å². The van der Waals surface area contributed by atoms with Gasteiger partial charge in [-0.3, -0.25) is 9.78 Å². The summed E-state index contributed by atoms with van der Waals surface area (Å²) in [5.74, 6) is 1.47. The van der Waals surface area contributed by atoms with Crippen LogP contribution in [-0.2, 0) is 17.1 Å². The Morgan fingerprint density at radius 2 is 1.94 bits per heavy atom. The number of fused-ring (bicyclic) bond motifs is 1. The Labute approximate surface area is 185 Å². The average molecular weight is 433 g/mol. The average Bonchev–Trinajstić information content (AvgIpc) is 3.12. The van der Waals surface area contributed by atoms with Crippen molar-refractivity contribution >= 4 is 34.4 Å². The van der Waals surface area contributed by atoms with Crippen LogP contribution in [0.5, 0.6) is 5.75 Å². The Hall–Kier alpha value is -3.32. The summed E-state index contributed by atoms with van der Waals surface area (Å²) in [6.07, 6.45) is 3.47. The highest BCUT2D eigenvalue weighted by atomic mass is 32.2. The number of aryl methyl sites for hydroxylation is 2. The van der Waals surface area contributed by atoms with Crippen LogP contribution in [0.4, 0.5) is 5.69 Å². The number of imidazole rings is 1. The van der Waals surface area contributed by atoms with Crippen LogP contribution in [0.2, 0.25) is 0 Å². The Bertz CT molecular complexity index is 1220. The zero-order chi connectivity index (χ0) is 21.8. The van der Waals surface area contributed by atoms with E-state index in [0.29, 0.717) is 0 Å². The van der Waals surface area contributed by atoms with Crippen LogP contribution in [-0.4, -0.2) is 27.6 Å². The number of methoxy groups -OCH3 is 1. The Kier molecular flexibility index (Phi) is 6.23. The van der Waals surface area contributed by atoms with Gasteiger partial charge in [0.25, 0.3) is 0 Å². The van der Waals surface area contributed by atoms with Gasteiger partial charge in [0.05, 0.1) is 24.3 Å². The first-order valence-electron chi connectivity index (χ1n) is 9.96. The van der Waals surface area contributed by atoms with Gasteiger partial charge in [0.15, 0.2) is 5.16 Å². The molecule has 7 heteroatoms. The van der Waals surface area contributed by atoms with Gasteiger partial charge in [-0.25, -0.2) is 4.98 Å². The number of anilines is 1. The molecule has 1 amide bonds. The highest BCUT2D eigenvalue weighted by molar-refractivity contribution is 7.98. The third-order valence-corrected chi connectivity index (χ3v) is 6.05. The number of thioether (sulfide) groups is 1. The molecule has 31 heavy (non-hydrogen) atoms. The number of nitrogens with zero attached hydrogens (tertiary/aromatic N) is 3. The second kappa shape index (κ2) is 9.22. The molecule has 0 spiro atoms. The molecule has 0 unspecified atom stereocenters. The zero-order valence-corrected chi connectivity index (χ0v) is 18.6. The van der Waals surface area contributed by atoms with Gasteiger partial charge in [0.1, 0.15) is 12.3 Å². The van der Waals surface area contributed by atoms with Crippen molar-refractivity contribution in [1.29, 1.82) is 0 Å². The molecule has 158 valence electrons. The molecule has 0 aliphatic rings. The molecule has 2 aromatic heterocycles. The van der Waals surface area contributed by atoms with E-state index in [2.05, 4.69) is 16.4 Å². The van der Waals surface area contributed by atoms with E-state index < -0.39 is 0 Å². The molecule has 0 atom stereocenters. The summed E-state index contributed by atoms with van der Waals surface area (Å²) in [7, 11) is 1.66. The number of rotatable bonds is 7. The summed E-state index contributed by atoms with van der Waals surface area (Å²) >= 11 is 1.60. The fraction of sp³-hybridized carbons (Fsp3) is 0.208. The molecular formula is C24H24N4O2S. The molecule has 1 N–H and O–H groups in total. The van der Waals surface area contributed by atoms with Crippen molar-refractivity contribution in [2.24, 2.45) is 0 Å². The van der Waals surface area contributed by atoms with Gasteiger partial charge in [-0.15, -0.1) is 0 Å². The summed E-state index contributed by atoms with van der Waals surface area (Å²) < 4.78 is 7.15. The normalized spacial score (nSPS) is 10.9. The molecule has 0 bridgehead atoms. The number of ether oxygens (including phenoxy) is 1. The quantitative estimate of drug-likeness (QED) is 0.417. The maximum atomic E-state index is 12.9. The van der Waals surface area contributed by atoms with Crippen LogP contribution >= 0.6 is 11.8 Å². The van der Waals surface area contributed by atoms with Gasteiger partial charge in [-0.1, -0.05) is 41.6 Å². The molecule has 2 aromatic carbocycles. The Morgan fingerprint density at radius 1 is 1.13 bits per heavy atom. The van der Waals surface area contributed by atoms with Crippen molar-refractivity contribution in [3.8, 4) is 5.75 Å². The monoisotopic (exact) mass is 432 g/mol. The van der Waals surface area contributed by atoms with Crippen LogP contribution < -0.4 is 10.1 Å². The third-order valence-electron chi connectivity index (χ3n) is 5.00. The van der Waals surface area contributed by atoms with Gasteiger partial charge in [0.2, 0.25) is 5.91 Å². The lowest BCUT2D eigenvalue weighted by molar-refractivity contribution is -0.116. The van der Waals surface area contributed by atoms with Crippen molar-refractivity contribution in [3.63, 3.8) is 0 Å². The predicted molar refractivity (Wildman–Crippen MR) is 125 cm³/mol. The number of pyridine rings is 1. The molecule has 0 radical (unpaired) electrons. The van der Waals surface area contributed by atoms with E-state index in [0.717, 1.165) is 44.5 Å². The van der Waals surface area contributed by atoms with Crippen LogP contribution in [0.3, 0.4) is 0 Å². The van der Waals surface area contributed by atoms with Crippen molar-refractivity contribution in [2.75, 3.05) is 12.4 Å². The van der Waals surface area contributed by atoms with E-state index in [1.54, 1.807) is 31.3 Å². The number of carbonyl (C=O) groups excluding carboxylic acids is 1. The number of benzene rings is 2. The first-order valence-corrected chi connectivity index (χ1v) is 10.9. The second-order valence-corrected chi connectivity index (χ2v) is 8.29. The van der Waals surface area contributed by atoms with Crippen LogP contribution in [0, 0.1) is 13.8 Å². The van der Waals surface area contributed by atoms with E-state index in [-0.39, 0.29) is 12.5 Å². The van der Waals surface area contributed by atoms with Gasteiger partial charge >= 0.3 is 0 Å². The Balaban J connectivity index is 1.54. The molecule has 6 nitrogen and oxygen atoms in total. The number of hydrogen-bond acceptors (Lipinski definition) is 5. The van der Waals surface area contributed by atoms with Crippen LogP contribution in [0.15, 0.2) is 66.1 Å². The largest absolute Gasteiger partial charge is 0.497 e.